The molecule has 7 nitrogen and oxygen atoms in total. The molecule has 0 spiro atoms. The van der Waals surface area contributed by atoms with E-state index >= 15 is 0 Å². The van der Waals surface area contributed by atoms with Crippen molar-refractivity contribution in [3.8, 4) is 11.1 Å². The summed E-state index contributed by atoms with van der Waals surface area (Å²) in [4.78, 5) is 37.2. The van der Waals surface area contributed by atoms with E-state index in [1.165, 1.54) is 24.3 Å². The zero-order valence-electron chi connectivity index (χ0n) is 19.8. The van der Waals surface area contributed by atoms with Crippen LogP contribution in [0.4, 0.5) is 10.5 Å². The minimum Gasteiger partial charge on any atom is -0.478 e. The molecule has 2 amide bonds. The van der Waals surface area contributed by atoms with Crippen LogP contribution >= 0.6 is 0 Å². The molecule has 7 heteroatoms. The van der Waals surface area contributed by atoms with Gasteiger partial charge in [-0.2, -0.15) is 0 Å². The molecule has 1 atom stereocenters. The van der Waals surface area contributed by atoms with Gasteiger partial charge in [-0.15, -0.1) is 0 Å². The number of amides is 2. The molecule has 0 aromatic heterocycles. The third-order valence-electron chi connectivity index (χ3n) is 6.40. The number of nitrogens with one attached hydrogen (secondary N) is 2. The molecule has 0 heterocycles. The van der Waals surface area contributed by atoms with Gasteiger partial charge in [0.25, 0.3) is 5.91 Å². The van der Waals surface area contributed by atoms with E-state index < -0.39 is 24.0 Å². The number of anilines is 1. The van der Waals surface area contributed by atoms with Crippen molar-refractivity contribution < 1.29 is 24.2 Å². The highest BCUT2D eigenvalue weighted by Gasteiger charge is 2.30. The smallest absolute Gasteiger partial charge is 0.408 e. The van der Waals surface area contributed by atoms with Gasteiger partial charge in [0.15, 0.2) is 0 Å². The first-order valence-electron chi connectivity index (χ1n) is 11.8. The number of alkyl carbamates (subject to hydrolysis) is 1. The van der Waals surface area contributed by atoms with Crippen LogP contribution in [0.5, 0.6) is 0 Å². The van der Waals surface area contributed by atoms with Crippen molar-refractivity contribution in [3.63, 3.8) is 0 Å². The molecule has 1 aliphatic rings. The maximum atomic E-state index is 13.2. The Kier molecular flexibility index (Phi) is 6.68. The highest BCUT2D eigenvalue weighted by Crippen LogP contribution is 2.44. The molecule has 4 aromatic rings. The van der Waals surface area contributed by atoms with Crippen molar-refractivity contribution in [1.82, 2.24) is 5.32 Å². The first-order valence-corrected chi connectivity index (χ1v) is 11.8. The standard InChI is InChI=1S/C30H24N2O5/c33-28(31-21-16-14-20(15-17-21)29(34)35)27(19-8-2-1-3-9-19)32-30(36)37-18-26-24-12-6-4-10-22(24)23-11-5-7-13-25(23)26/h1-17,26-27H,18H2,(H,31,33)(H,32,36)(H,34,35). The summed E-state index contributed by atoms with van der Waals surface area (Å²) in [5.74, 6) is -1.64. The van der Waals surface area contributed by atoms with E-state index in [1.54, 1.807) is 24.3 Å². The number of benzene rings is 4. The molecular weight excluding hydrogens is 468 g/mol. The molecule has 0 saturated heterocycles. The Bertz CT molecular complexity index is 1410. The number of carbonyl (C=O) groups excluding carboxylic acids is 2. The maximum absolute atomic E-state index is 13.2. The van der Waals surface area contributed by atoms with Crippen LogP contribution in [0.25, 0.3) is 11.1 Å². The average Bonchev–Trinajstić information content (AvgIpc) is 3.25. The fraction of sp³-hybridized carbons (Fsp3) is 0.100. The van der Waals surface area contributed by atoms with Crippen LogP contribution in [0.3, 0.4) is 0 Å². The van der Waals surface area contributed by atoms with Gasteiger partial charge in [0.05, 0.1) is 5.56 Å². The predicted octanol–water partition coefficient (Wildman–Crippen LogP) is 5.60. The number of hydrogen-bond acceptors (Lipinski definition) is 4. The van der Waals surface area contributed by atoms with Crippen molar-refractivity contribution in [2.45, 2.75) is 12.0 Å². The van der Waals surface area contributed by atoms with Gasteiger partial charge < -0.3 is 20.5 Å². The summed E-state index contributed by atoms with van der Waals surface area (Å²) in [5, 5.41) is 14.5. The number of rotatable bonds is 7. The van der Waals surface area contributed by atoms with Crippen LogP contribution in [-0.2, 0) is 9.53 Å². The molecule has 3 N–H and O–H groups in total. The Morgan fingerprint density at radius 1 is 0.757 bits per heavy atom. The summed E-state index contributed by atoms with van der Waals surface area (Å²) >= 11 is 0. The lowest BCUT2D eigenvalue weighted by Crippen LogP contribution is -2.37. The summed E-state index contributed by atoms with van der Waals surface area (Å²) in [7, 11) is 0. The predicted molar refractivity (Wildman–Crippen MR) is 139 cm³/mol. The Balaban J connectivity index is 1.30. The first kappa shape index (κ1) is 23.8. The molecule has 1 unspecified atom stereocenters. The van der Waals surface area contributed by atoms with Gasteiger partial charge in [0.2, 0.25) is 0 Å². The quantitative estimate of drug-likeness (QED) is 0.311. The Morgan fingerprint density at radius 3 is 1.92 bits per heavy atom. The Hall–Kier alpha value is -4.91. The van der Waals surface area contributed by atoms with Crippen molar-refractivity contribution >= 4 is 23.7 Å². The molecule has 4 aromatic carbocycles. The number of ether oxygens (including phenoxy) is 1. The second-order valence-electron chi connectivity index (χ2n) is 8.69. The highest BCUT2D eigenvalue weighted by atomic mass is 16.5. The summed E-state index contributed by atoms with van der Waals surface area (Å²) in [6.45, 7) is 0.125. The maximum Gasteiger partial charge on any atom is 0.408 e. The van der Waals surface area contributed by atoms with Crippen molar-refractivity contribution in [2.75, 3.05) is 11.9 Å². The van der Waals surface area contributed by atoms with Crippen LogP contribution in [-0.4, -0.2) is 29.7 Å². The van der Waals surface area contributed by atoms with Gasteiger partial charge in [-0.1, -0.05) is 78.9 Å². The van der Waals surface area contributed by atoms with Gasteiger partial charge in [-0.05, 0) is 52.1 Å². The molecule has 0 radical (unpaired) electrons. The third kappa shape index (κ3) is 5.06. The zero-order valence-corrected chi connectivity index (χ0v) is 19.8. The lowest BCUT2D eigenvalue weighted by molar-refractivity contribution is -0.118. The molecule has 0 fully saturated rings. The summed E-state index contributed by atoms with van der Waals surface area (Å²) < 4.78 is 5.64. The van der Waals surface area contributed by atoms with Crippen LogP contribution in [0.2, 0.25) is 0 Å². The minimum atomic E-state index is -1.06. The molecule has 1 aliphatic carbocycles. The number of aromatic carboxylic acids is 1. The van der Waals surface area contributed by atoms with Gasteiger partial charge in [0, 0.05) is 11.6 Å². The summed E-state index contributed by atoms with van der Waals surface area (Å²) in [5.41, 5.74) is 5.54. The van der Waals surface area contributed by atoms with Crippen molar-refractivity contribution in [3.05, 3.63) is 125 Å². The van der Waals surface area contributed by atoms with Crippen LogP contribution < -0.4 is 10.6 Å². The lowest BCUT2D eigenvalue weighted by atomic mass is 9.98. The molecule has 5 rings (SSSR count). The van der Waals surface area contributed by atoms with E-state index in [0.717, 1.165) is 22.3 Å². The van der Waals surface area contributed by atoms with E-state index in [1.807, 2.05) is 42.5 Å². The summed E-state index contributed by atoms with van der Waals surface area (Å²) in [6, 6.07) is 29.7. The van der Waals surface area contributed by atoms with Crippen LogP contribution in [0, 0.1) is 0 Å². The van der Waals surface area contributed by atoms with Crippen molar-refractivity contribution in [2.24, 2.45) is 0 Å². The number of carboxylic acid groups (broad SMARTS) is 1. The Morgan fingerprint density at radius 2 is 1.32 bits per heavy atom. The van der Waals surface area contributed by atoms with E-state index in [-0.39, 0.29) is 18.1 Å². The van der Waals surface area contributed by atoms with Gasteiger partial charge in [-0.25, -0.2) is 9.59 Å². The van der Waals surface area contributed by atoms with Gasteiger partial charge in [0.1, 0.15) is 12.6 Å². The molecule has 0 aliphatic heterocycles. The molecule has 0 bridgehead atoms. The summed E-state index contributed by atoms with van der Waals surface area (Å²) in [6.07, 6.45) is -0.716. The van der Waals surface area contributed by atoms with E-state index in [9.17, 15) is 14.4 Å². The monoisotopic (exact) mass is 492 g/mol. The van der Waals surface area contributed by atoms with Crippen LogP contribution in [0.1, 0.15) is 39.0 Å². The average molecular weight is 493 g/mol. The SMILES string of the molecule is O=C(NC(C(=O)Nc1ccc(C(=O)O)cc1)c1ccccc1)OCC1c2ccccc2-c2ccccc21. The number of carboxylic acids is 1. The molecule has 0 saturated carbocycles. The number of fused-ring (bicyclic) bond motifs is 3. The number of hydrogen-bond donors (Lipinski definition) is 3. The van der Waals surface area contributed by atoms with Gasteiger partial charge >= 0.3 is 12.1 Å². The fourth-order valence-electron chi connectivity index (χ4n) is 4.61. The second-order valence-corrected chi connectivity index (χ2v) is 8.69. The highest BCUT2D eigenvalue weighted by molar-refractivity contribution is 5.97. The van der Waals surface area contributed by atoms with E-state index in [4.69, 9.17) is 9.84 Å². The third-order valence-corrected chi connectivity index (χ3v) is 6.40. The normalized spacial score (nSPS) is 12.6. The largest absolute Gasteiger partial charge is 0.478 e. The topological polar surface area (TPSA) is 105 Å². The molecule has 184 valence electrons. The second kappa shape index (κ2) is 10.4. The molecular formula is C30H24N2O5. The fourth-order valence-corrected chi connectivity index (χ4v) is 4.61. The first-order chi connectivity index (χ1) is 18.0. The molecule has 37 heavy (non-hydrogen) atoms. The van der Waals surface area contributed by atoms with Crippen LogP contribution in [0.15, 0.2) is 103 Å². The Labute approximate surface area is 213 Å². The van der Waals surface area contributed by atoms with E-state index in [0.29, 0.717) is 11.3 Å². The van der Waals surface area contributed by atoms with Crippen molar-refractivity contribution in [1.29, 1.82) is 0 Å². The van der Waals surface area contributed by atoms with Gasteiger partial charge in [-0.3, -0.25) is 4.79 Å². The number of carbonyl (C=O) groups is 3. The minimum absolute atomic E-state index is 0.102. The lowest BCUT2D eigenvalue weighted by Gasteiger charge is -2.20. The zero-order chi connectivity index (χ0) is 25.8. The van der Waals surface area contributed by atoms with E-state index in [2.05, 4.69) is 22.8 Å².